The molecule has 1 aromatic rings. The zero-order chi connectivity index (χ0) is 15.2. The Morgan fingerprint density at radius 3 is 2.86 bits per heavy atom. The van der Waals surface area contributed by atoms with Crippen molar-refractivity contribution in [2.24, 2.45) is 11.8 Å². The van der Waals surface area contributed by atoms with Crippen LogP contribution < -0.4 is 5.32 Å². The maximum Gasteiger partial charge on any atom is 0.269 e. The molecule has 1 N–H and O–H groups in total. The molecule has 1 aliphatic rings. The molecule has 0 spiro atoms. The van der Waals surface area contributed by atoms with Crippen LogP contribution in [0.2, 0.25) is 0 Å². The van der Waals surface area contributed by atoms with Crippen molar-refractivity contribution in [1.82, 2.24) is 5.32 Å². The predicted molar refractivity (Wildman–Crippen MR) is 85.4 cm³/mol. The monoisotopic (exact) mass is 290 g/mol. The van der Waals surface area contributed by atoms with Gasteiger partial charge in [0.2, 0.25) is 0 Å². The summed E-state index contributed by atoms with van der Waals surface area (Å²) in [4.78, 5) is 10.6. The average Bonchev–Trinajstić information content (AvgIpc) is 2.48. The van der Waals surface area contributed by atoms with Crippen molar-refractivity contribution < 1.29 is 4.92 Å². The Hall–Kier alpha value is -1.42. The van der Waals surface area contributed by atoms with Gasteiger partial charge in [-0.25, -0.2) is 0 Å². The van der Waals surface area contributed by atoms with Crippen LogP contribution >= 0.6 is 0 Å². The van der Waals surface area contributed by atoms with Crippen molar-refractivity contribution >= 4 is 5.69 Å². The minimum absolute atomic E-state index is 0.203. The van der Waals surface area contributed by atoms with E-state index in [1.807, 2.05) is 13.1 Å². The van der Waals surface area contributed by atoms with Crippen molar-refractivity contribution in [1.29, 1.82) is 0 Å². The zero-order valence-corrected chi connectivity index (χ0v) is 13.0. The third-order valence-corrected chi connectivity index (χ3v) is 4.78. The average molecular weight is 290 g/mol. The van der Waals surface area contributed by atoms with Crippen molar-refractivity contribution in [2.75, 3.05) is 7.05 Å². The van der Waals surface area contributed by atoms with Crippen LogP contribution in [0.3, 0.4) is 0 Å². The number of rotatable bonds is 6. The summed E-state index contributed by atoms with van der Waals surface area (Å²) in [7, 11) is 2.03. The van der Waals surface area contributed by atoms with Crippen LogP contribution in [-0.4, -0.2) is 18.0 Å². The highest BCUT2D eigenvalue weighted by Crippen LogP contribution is 2.34. The van der Waals surface area contributed by atoms with E-state index in [1.165, 1.54) is 32.1 Å². The van der Waals surface area contributed by atoms with Gasteiger partial charge in [0.15, 0.2) is 0 Å². The van der Waals surface area contributed by atoms with Gasteiger partial charge in [-0.2, -0.15) is 0 Å². The zero-order valence-electron chi connectivity index (χ0n) is 13.0. The molecule has 2 rings (SSSR count). The largest absolute Gasteiger partial charge is 0.317 e. The maximum absolute atomic E-state index is 10.9. The SMILES string of the molecule is CCCC1CCC(NC)C(Cc2cccc([N+](=O)[O-])c2)C1. The van der Waals surface area contributed by atoms with E-state index in [4.69, 9.17) is 0 Å². The molecule has 1 aromatic carbocycles. The third-order valence-electron chi connectivity index (χ3n) is 4.78. The summed E-state index contributed by atoms with van der Waals surface area (Å²) in [5.74, 6) is 1.41. The Bertz CT molecular complexity index is 476. The number of nitro groups is 1. The van der Waals surface area contributed by atoms with E-state index < -0.39 is 0 Å². The Balaban J connectivity index is 2.07. The molecule has 4 heteroatoms. The van der Waals surface area contributed by atoms with E-state index in [1.54, 1.807) is 18.2 Å². The Labute approximate surface area is 127 Å². The second-order valence-corrected chi connectivity index (χ2v) is 6.25. The molecule has 4 nitrogen and oxygen atoms in total. The first-order valence-electron chi connectivity index (χ1n) is 8.04. The molecule has 1 saturated carbocycles. The quantitative estimate of drug-likeness (QED) is 0.637. The summed E-state index contributed by atoms with van der Waals surface area (Å²) >= 11 is 0. The molecular weight excluding hydrogens is 264 g/mol. The standard InChI is InChI=1S/C17H26N2O2/c1-3-5-13-8-9-17(18-2)15(10-13)11-14-6-4-7-16(12-14)19(20)21/h4,6-7,12-13,15,17-18H,3,5,8-11H2,1-2H3. The van der Waals surface area contributed by atoms with Gasteiger partial charge in [-0.1, -0.05) is 31.9 Å². The lowest BCUT2D eigenvalue weighted by atomic mass is 9.74. The van der Waals surface area contributed by atoms with Crippen molar-refractivity contribution in [3.63, 3.8) is 0 Å². The lowest BCUT2D eigenvalue weighted by Gasteiger charge is -2.36. The number of non-ortho nitro benzene ring substituents is 1. The molecule has 0 aromatic heterocycles. The summed E-state index contributed by atoms with van der Waals surface area (Å²) in [6, 6.07) is 7.66. The van der Waals surface area contributed by atoms with E-state index in [-0.39, 0.29) is 10.6 Å². The predicted octanol–water partition coefficient (Wildman–Crippen LogP) is 3.94. The van der Waals surface area contributed by atoms with Gasteiger partial charge in [0.05, 0.1) is 4.92 Å². The summed E-state index contributed by atoms with van der Waals surface area (Å²) in [5, 5.41) is 14.3. The third kappa shape index (κ3) is 4.27. The fraction of sp³-hybridized carbons (Fsp3) is 0.647. The first-order chi connectivity index (χ1) is 10.1. The summed E-state index contributed by atoms with van der Waals surface area (Å²) < 4.78 is 0. The van der Waals surface area contributed by atoms with Crippen LogP contribution in [0, 0.1) is 22.0 Å². The van der Waals surface area contributed by atoms with E-state index >= 15 is 0 Å². The molecule has 0 aliphatic heterocycles. The summed E-state index contributed by atoms with van der Waals surface area (Å²) in [5.41, 5.74) is 1.29. The minimum atomic E-state index is -0.306. The van der Waals surface area contributed by atoms with Gasteiger partial charge in [0.25, 0.3) is 5.69 Å². The van der Waals surface area contributed by atoms with E-state index in [2.05, 4.69) is 12.2 Å². The normalized spacial score (nSPS) is 25.7. The molecule has 1 fully saturated rings. The maximum atomic E-state index is 10.9. The first-order valence-corrected chi connectivity index (χ1v) is 8.04. The number of hydrogen-bond donors (Lipinski definition) is 1. The van der Waals surface area contributed by atoms with Gasteiger partial charge >= 0.3 is 0 Å². The first kappa shape index (κ1) is 16.0. The van der Waals surface area contributed by atoms with Crippen LogP contribution in [0.15, 0.2) is 24.3 Å². The van der Waals surface area contributed by atoms with Crippen LogP contribution in [-0.2, 0) is 6.42 Å². The van der Waals surface area contributed by atoms with Crippen LogP contribution in [0.4, 0.5) is 5.69 Å². The molecule has 0 saturated heterocycles. The second kappa shape index (κ2) is 7.55. The highest BCUT2D eigenvalue weighted by atomic mass is 16.6. The highest BCUT2D eigenvalue weighted by molar-refractivity contribution is 5.34. The fourth-order valence-electron chi connectivity index (χ4n) is 3.74. The van der Waals surface area contributed by atoms with Gasteiger partial charge in [-0.15, -0.1) is 0 Å². The number of hydrogen-bond acceptors (Lipinski definition) is 3. The summed E-state index contributed by atoms with van der Waals surface area (Å²) in [6.07, 6.45) is 7.27. The number of nitrogens with zero attached hydrogens (tertiary/aromatic N) is 1. The number of nitrogens with one attached hydrogen (secondary N) is 1. The summed E-state index contributed by atoms with van der Waals surface area (Å²) in [6.45, 7) is 2.25. The minimum Gasteiger partial charge on any atom is -0.317 e. The molecule has 21 heavy (non-hydrogen) atoms. The van der Waals surface area contributed by atoms with Gasteiger partial charge in [0.1, 0.15) is 0 Å². The molecule has 0 heterocycles. The van der Waals surface area contributed by atoms with Gasteiger partial charge < -0.3 is 5.32 Å². The smallest absolute Gasteiger partial charge is 0.269 e. The van der Waals surface area contributed by atoms with Crippen LogP contribution in [0.5, 0.6) is 0 Å². The van der Waals surface area contributed by atoms with Gasteiger partial charge in [-0.3, -0.25) is 10.1 Å². The van der Waals surface area contributed by atoms with Gasteiger partial charge in [-0.05, 0) is 50.1 Å². The van der Waals surface area contributed by atoms with E-state index in [0.717, 1.165) is 17.9 Å². The molecule has 3 atom stereocenters. The van der Waals surface area contributed by atoms with Crippen LogP contribution in [0.1, 0.15) is 44.6 Å². The lowest BCUT2D eigenvalue weighted by Crippen LogP contribution is -2.39. The Kier molecular flexibility index (Phi) is 5.74. The Morgan fingerprint density at radius 1 is 1.38 bits per heavy atom. The molecule has 0 radical (unpaired) electrons. The highest BCUT2D eigenvalue weighted by Gasteiger charge is 2.29. The van der Waals surface area contributed by atoms with Crippen molar-refractivity contribution in [3.05, 3.63) is 39.9 Å². The fourth-order valence-corrected chi connectivity index (χ4v) is 3.74. The van der Waals surface area contributed by atoms with E-state index in [9.17, 15) is 10.1 Å². The second-order valence-electron chi connectivity index (χ2n) is 6.25. The molecule has 116 valence electrons. The molecule has 1 aliphatic carbocycles. The number of nitro benzene ring substituents is 1. The number of benzene rings is 1. The molecule has 0 amide bonds. The lowest BCUT2D eigenvalue weighted by molar-refractivity contribution is -0.384. The van der Waals surface area contributed by atoms with Gasteiger partial charge in [0, 0.05) is 18.2 Å². The molecular formula is C17H26N2O2. The van der Waals surface area contributed by atoms with E-state index in [0.29, 0.717) is 12.0 Å². The molecule has 3 unspecified atom stereocenters. The molecule has 0 bridgehead atoms. The van der Waals surface area contributed by atoms with Crippen LogP contribution in [0.25, 0.3) is 0 Å². The van der Waals surface area contributed by atoms with Crippen molar-refractivity contribution in [2.45, 2.75) is 51.5 Å². The Morgan fingerprint density at radius 2 is 2.19 bits per heavy atom. The van der Waals surface area contributed by atoms with Crippen molar-refractivity contribution in [3.8, 4) is 0 Å². The topological polar surface area (TPSA) is 55.2 Å².